The molecule has 1 aromatic rings. The lowest BCUT2D eigenvalue weighted by molar-refractivity contribution is 0.409. The molecule has 1 nitrogen and oxygen atoms in total. The molecular weight excluding hydrogens is 182 g/mol. The van der Waals surface area contributed by atoms with Crippen molar-refractivity contribution in [3.8, 4) is 0 Å². The van der Waals surface area contributed by atoms with Crippen molar-refractivity contribution in [2.75, 3.05) is 0 Å². The molecule has 0 amide bonds. The second-order valence-electron chi connectivity index (χ2n) is 4.62. The van der Waals surface area contributed by atoms with Gasteiger partial charge in [0, 0.05) is 5.69 Å². The van der Waals surface area contributed by atoms with Crippen LogP contribution in [0.3, 0.4) is 0 Å². The molecule has 0 aliphatic carbocycles. The van der Waals surface area contributed by atoms with Crippen molar-refractivity contribution in [1.82, 2.24) is 4.98 Å². The molecule has 0 bridgehead atoms. The standard InChI is InChI=1S/C11H16ClN/c1-8-9(7-11(2,3)4)5-6-10(12)13-8/h5-6H,7H2,1-4H3. The molecule has 0 aromatic carbocycles. The first kappa shape index (κ1) is 10.5. The number of hydrogen-bond acceptors (Lipinski definition) is 1. The van der Waals surface area contributed by atoms with Gasteiger partial charge in [0.15, 0.2) is 0 Å². The summed E-state index contributed by atoms with van der Waals surface area (Å²) in [5, 5.41) is 0.579. The molecule has 0 atom stereocenters. The summed E-state index contributed by atoms with van der Waals surface area (Å²) in [6.45, 7) is 8.68. The Balaban J connectivity index is 2.90. The van der Waals surface area contributed by atoms with Gasteiger partial charge < -0.3 is 0 Å². The number of rotatable bonds is 1. The summed E-state index contributed by atoms with van der Waals surface area (Å²) < 4.78 is 0. The van der Waals surface area contributed by atoms with Crippen molar-refractivity contribution in [2.45, 2.75) is 34.1 Å². The van der Waals surface area contributed by atoms with Crippen molar-refractivity contribution in [3.05, 3.63) is 28.5 Å². The Morgan fingerprint density at radius 2 is 1.92 bits per heavy atom. The van der Waals surface area contributed by atoms with Crippen molar-refractivity contribution in [2.24, 2.45) is 5.41 Å². The molecular formula is C11H16ClN. The minimum absolute atomic E-state index is 0.306. The summed E-state index contributed by atoms with van der Waals surface area (Å²) in [4.78, 5) is 4.22. The third kappa shape index (κ3) is 3.35. The fraction of sp³-hybridized carbons (Fsp3) is 0.545. The lowest BCUT2D eigenvalue weighted by Crippen LogP contribution is -2.10. The highest BCUT2D eigenvalue weighted by Gasteiger charge is 2.13. The maximum absolute atomic E-state index is 5.78. The van der Waals surface area contributed by atoms with Gasteiger partial charge >= 0.3 is 0 Å². The SMILES string of the molecule is Cc1nc(Cl)ccc1CC(C)(C)C. The molecule has 0 saturated heterocycles. The summed E-state index contributed by atoms with van der Waals surface area (Å²) in [6, 6.07) is 3.92. The highest BCUT2D eigenvalue weighted by atomic mass is 35.5. The first-order valence-corrected chi connectivity index (χ1v) is 4.88. The molecule has 0 unspecified atom stereocenters. The zero-order valence-electron chi connectivity index (χ0n) is 8.69. The van der Waals surface area contributed by atoms with Crippen LogP contribution in [0, 0.1) is 12.3 Å². The lowest BCUT2D eigenvalue weighted by atomic mass is 9.88. The molecule has 1 heterocycles. The van der Waals surface area contributed by atoms with Crippen LogP contribution in [0.4, 0.5) is 0 Å². The van der Waals surface area contributed by atoms with E-state index < -0.39 is 0 Å². The second-order valence-corrected chi connectivity index (χ2v) is 5.00. The summed E-state index contributed by atoms with van der Waals surface area (Å²) in [5.74, 6) is 0. The average molecular weight is 198 g/mol. The van der Waals surface area contributed by atoms with Gasteiger partial charge in [0.1, 0.15) is 5.15 Å². The van der Waals surface area contributed by atoms with Crippen molar-refractivity contribution in [1.29, 1.82) is 0 Å². The highest BCUT2D eigenvalue weighted by molar-refractivity contribution is 6.29. The van der Waals surface area contributed by atoms with Crippen LogP contribution in [0.2, 0.25) is 5.15 Å². The summed E-state index contributed by atoms with van der Waals surface area (Å²) in [7, 11) is 0. The van der Waals surface area contributed by atoms with E-state index in [2.05, 4.69) is 31.8 Å². The van der Waals surface area contributed by atoms with Crippen LogP contribution in [-0.2, 0) is 6.42 Å². The van der Waals surface area contributed by atoms with Gasteiger partial charge in [0.05, 0.1) is 0 Å². The minimum Gasteiger partial charge on any atom is -0.241 e. The van der Waals surface area contributed by atoms with Crippen molar-refractivity contribution >= 4 is 11.6 Å². The molecule has 0 aliphatic rings. The maximum Gasteiger partial charge on any atom is 0.129 e. The fourth-order valence-corrected chi connectivity index (χ4v) is 1.51. The number of pyridine rings is 1. The predicted molar refractivity (Wildman–Crippen MR) is 57.1 cm³/mol. The third-order valence-electron chi connectivity index (χ3n) is 1.88. The van der Waals surface area contributed by atoms with E-state index in [-0.39, 0.29) is 0 Å². The van der Waals surface area contributed by atoms with Crippen LogP contribution in [0.5, 0.6) is 0 Å². The van der Waals surface area contributed by atoms with Gasteiger partial charge in [-0.1, -0.05) is 38.4 Å². The Hall–Kier alpha value is -0.560. The largest absolute Gasteiger partial charge is 0.241 e. The molecule has 0 aliphatic heterocycles. The van der Waals surface area contributed by atoms with Gasteiger partial charge in [-0.3, -0.25) is 0 Å². The predicted octanol–water partition coefficient (Wildman–Crippen LogP) is 3.63. The van der Waals surface area contributed by atoms with Gasteiger partial charge in [-0.25, -0.2) is 4.98 Å². The van der Waals surface area contributed by atoms with Crippen LogP contribution in [0.25, 0.3) is 0 Å². The number of nitrogens with zero attached hydrogens (tertiary/aromatic N) is 1. The number of hydrogen-bond donors (Lipinski definition) is 0. The van der Waals surface area contributed by atoms with E-state index in [1.165, 1.54) is 5.56 Å². The molecule has 0 spiro atoms. The zero-order chi connectivity index (χ0) is 10.1. The Labute approximate surface area is 85.1 Å². The lowest BCUT2D eigenvalue weighted by Gasteiger charge is -2.19. The zero-order valence-corrected chi connectivity index (χ0v) is 9.44. The Morgan fingerprint density at radius 3 is 2.38 bits per heavy atom. The minimum atomic E-state index is 0.306. The van der Waals surface area contributed by atoms with Crippen LogP contribution in [0.15, 0.2) is 12.1 Å². The van der Waals surface area contributed by atoms with E-state index in [0.717, 1.165) is 12.1 Å². The van der Waals surface area contributed by atoms with Gasteiger partial charge in [0.2, 0.25) is 0 Å². The molecule has 72 valence electrons. The van der Waals surface area contributed by atoms with Crippen LogP contribution < -0.4 is 0 Å². The normalized spacial score (nSPS) is 11.8. The molecule has 1 rings (SSSR count). The summed E-state index contributed by atoms with van der Waals surface area (Å²) in [5.41, 5.74) is 2.64. The maximum atomic E-state index is 5.78. The Bertz CT molecular complexity index is 299. The monoisotopic (exact) mass is 197 g/mol. The number of halogens is 1. The van der Waals surface area contributed by atoms with Crippen molar-refractivity contribution in [3.63, 3.8) is 0 Å². The molecule has 2 heteroatoms. The molecule has 13 heavy (non-hydrogen) atoms. The third-order valence-corrected chi connectivity index (χ3v) is 2.09. The van der Waals surface area contributed by atoms with Gasteiger partial charge in [-0.05, 0) is 30.4 Å². The van der Waals surface area contributed by atoms with Crippen LogP contribution in [0.1, 0.15) is 32.0 Å². The Kier molecular flexibility index (Phi) is 2.97. The van der Waals surface area contributed by atoms with E-state index in [9.17, 15) is 0 Å². The van der Waals surface area contributed by atoms with Crippen molar-refractivity contribution < 1.29 is 0 Å². The average Bonchev–Trinajstić information content (AvgIpc) is 1.93. The second kappa shape index (κ2) is 3.67. The first-order valence-electron chi connectivity index (χ1n) is 4.50. The van der Waals surface area contributed by atoms with Crippen LogP contribution >= 0.6 is 11.6 Å². The van der Waals surface area contributed by atoms with Gasteiger partial charge in [0.25, 0.3) is 0 Å². The summed E-state index contributed by atoms with van der Waals surface area (Å²) >= 11 is 5.78. The molecule has 1 aromatic heterocycles. The van der Waals surface area contributed by atoms with E-state index >= 15 is 0 Å². The fourth-order valence-electron chi connectivity index (χ4n) is 1.32. The molecule has 0 N–H and O–H groups in total. The summed E-state index contributed by atoms with van der Waals surface area (Å²) in [6.07, 6.45) is 1.04. The number of aryl methyl sites for hydroxylation is 1. The van der Waals surface area contributed by atoms with Crippen LogP contribution in [-0.4, -0.2) is 4.98 Å². The van der Waals surface area contributed by atoms with Gasteiger partial charge in [-0.15, -0.1) is 0 Å². The van der Waals surface area contributed by atoms with E-state index in [0.29, 0.717) is 10.6 Å². The van der Waals surface area contributed by atoms with E-state index in [4.69, 9.17) is 11.6 Å². The van der Waals surface area contributed by atoms with E-state index in [1.807, 2.05) is 13.0 Å². The topological polar surface area (TPSA) is 12.9 Å². The highest BCUT2D eigenvalue weighted by Crippen LogP contribution is 2.22. The first-order chi connectivity index (χ1) is 5.88. The molecule has 0 saturated carbocycles. The van der Waals surface area contributed by atoms with E-state index in [1.54, 1.807) is 0 Å². The molecule has 0 radical (unpaired) electrons. The van der Waals surface area contributed by atoms with Gasteiger partial charge in [-0.2, -0.15) is 0 Å². The smallest absolute Gasteiger partial charge is 0.129 e. The Morgan fingerprint density at radius 1 is 1.31 bits per heavy atom. The quantitative estimate of drug-likeness (QED) is 0.627. The number of aromatic nitrogens is 1. The molecule has 0 fully saturated rings.